The molecule has 10 nitrogen and oxygen atoms in total. The zero-order valence-electron chi connectivity index (χ0n) is 26.9. The van der Waals surface area contributed by atoms with Gasteiger partial charge in [-0.05, 0) is 105 Å². The number of ether oxygens (including phenoxy) is 2. The van der Waals surface area contributed by atoms with E-state index in [-0.39, 0.29) is 17.4 Å². The molecule has 12 heteroatoms. The number of amides is 1. The maximum absolute atomic E-state index is 13.4. The lowest BCUT2D eigenvalue weighted by molar-refractivity contribution is -0.0246. The summed E-state index contributed by atoms with van der Waals surface area (Å²) in [5.41, 5.74) is 4.26. The summed E-state index contributed by atoms with van der Waals surface area (Å²) in [6.45, 7) is 3.99. The highest BCUT2D eigenvalue weighted by Crippen LogP contribution is 2.47. The number of aromatic nitrogens is 3. The number of nitrogens with zero attached hydrogens (tertiary/aromatic N) is 4. The van der Waals surface area contributed by atoms with Crippen molar-refractivity contribution in [3.05, 3.63) is 82.2 Å². The molecule has 1 saturated carbocycles. The van der Waals surface area contributed by atoms with E-state index in [1.165, 1.54) is 11.1 Å². The number of allylic oxidation sites excluding steroid dienone is 1. The zero-order valence-corrected chi connectivity index (χ0v) is 28.5. The van der Waals surface area contributed by atoms with Crippen LogP contribution >= 0.6 is 11.6 Å². The molecule has 0 saturated heterocycles. The summed E-state index contributed by atoms with van der Waals surface area (Å²) >= 11 is 6.44. The van der Waals surface area contributed by atoms with Gasteiger partial charge in [-0.1, -0.05) is 35.0 Å². The van der Waals surface area contributed by atoms with Crippen LogP contribution in [-0.2, 0) is 40.3 Å². The van der Waals surface area contributed by atoms with Gasteiger partial charge >= 0.3 is 0 Å². The molecule has 2 aromatic carbocycles. The Labute approximate surface area is 281 Å². The third kappa shape index (κ3) is 6.41. The number of nitrogens with one attached hydrogen (secondary N) is 1. The largest absolute Gasteiger partial charge is 0.490 e. The minimum Gasteiger partial charge on any atom is -0.490 e. The maximum atomic E-state index is 13.4. The lowest BCUT2D eigenvalue weighted by atomic mass is 9.68. The van der Waals surface area contributed by atoms with Crippen LogP contribution in [0.4, 0.5) is 5.69 Å². The first-order valence-corrected chi connectivity index (χ1v) is 18.5. The first-order chi connectivity index (χ1) is 22.6. The van der Waals surface area contributed by atoms with Crippen LogP contribution in [0.15, 0.2) is 54.7 Å². The Kier molecular flexibility index (Phi) is 8.82. The van der Waals surface area contributed by atoms with Gasteiger partial charge in [0.2, 0.25) is 10.0 Å². The monoisotopic (exact) mass is 679 g/mol. The molecule has 250 valence electrons. The average Bonchev–Trinajstić information content (AvgIpc) is 3.38. The van der Waals surface area contributed by atoms with E-state index in [4.69, 9.17) is 21.1 Å². The molecule has 47 heavy (non-hydrogen) atoms. The number of fused-ring (bicyclic) bond motifs is 4. The van der Waals surface area contributed by atoms with Crippen molar-refractivity contribution >= 4 is 33.2 Å². The van der Waals surface area contributed by atoms with E-state index in [0.717, 1.165) is 55.1 Å². The molecular formula is C35H42ClN5O5S. The van der Waals surface area contributed by atoms with Crippen molar-refractivity contribution in [2.75, 3.05) is 24.6 Å². The molecule has 1 N–H and O–H groups in total. The van der Waals surface area contributed by atoms with Crippen molar-refractivity contribution in [2.45, 2.75) is 75.2 Å². The number of sulfonamides is 1. The van der Waals surface area contributed by atoms with E-state index >= 15 is 0 Å². The van der Waals surface area contributed by atoms with Crippen LogP contribution in [0, 0.1) is 11.8 Å². The first-order valence-electron chi connectivity index (χ1n) is 16.6. The molecular weight excluding hydrogens is 638 g/mol. The standard InChI is InChI=1S/C35H42ClN5O5S/c1-23-6-3-4-8-32(45-20-28-18-37-39-40(28)2)29-12-9-26(29)19-41-21-35(15-5-7-24-16-27(36)11-13-30(24)35)22-46-33-14-10-25(17-31(33)41)34(42)38-47(23,43)44/h4,8,10-11,13-14,16-18,23,26,29,32H,3,5-7,9,12,15,19-22H2,1-2H3,(H,38,42)/b8-4-/t23-,26+,29-,32+,35+/m1/s1. The minimum atomic E-state index is -3.89. The van der Waals surface area contributed by atoms with Crippen LogP contribution in [0.25, 0.3) is 0 Å². The Morgan fingerprint density at radius 2 is 2.04 bits per heavy atom. The number of carbonyl (C=O) groups excluding carboxylic acids is 1. The Hall–Kier alpha value is -3.41. The van der Waals surface area contributed by atoms with Crippen LogP contribution in [0.5, 0.6) is 5.75 Å². The van der Waals surface area contributed by atoms with Gasteiger partial charge in [0.15, 0.2) is 0 Å². The lowest BCUT2D eigenvalue weighted by Gasteiger charge is -2.46. The van der Waals surface area contributed by atoms with Crippen molar-refractivity contribution in [2.24, 2.45) is 18.9 Å². The Morgan fingerprint density at radius 1 is 1.17 bits per heavy atom. The van der Waals surface area contributed by atoms with Gasteiger partial charge in [-0.2, -0.15) is 0 Å². The van der Waals surface area contributed by atoms with Crippen molar-refractivity contribution in [3.63, 3.8) is 0 Å². The molecule has 5 atom stereocenters. The normalized spacial score (nSPS) is 29.4. The summed E-state index contributed by atoms with van der Waals surface area (Å²) in [5.74, 6) is 0.687. The highest BCUT2D eigenvalue weighted by molar-refractivity contribution is 7.90. The summed E-state index contributed by atoms with van der Waals surface area (Å²) in [7, 11) is -2.04. The summed E-state index contributed by atoms with van der Waals surface area (Å²) in [6.07, 6.45) is 11.7. The minimum absolute atomic E-state index is 0.149. The van der Waals surface area contributed by atoms with E-state index in [1.807, 2.05) is 25.3 Å². The number of anilines is 1. The number of aryl methyl sites for hydroxylation is 2. The molecule has 1 amide bonds. The van der Waals surface area contributed by atoms with Crippen molar-refractivity contribution in [1.82, 2.24) is 19.7 Å². The van der Waals surface area contributed by atoms with Crippen molar-refractivity contribution in [3.8, 4) is 5.75 Å². The van der Waals surface area contributed by atoms with E-state index < -0.39 is 21.2 Å². The third-order valence-electron chi connectivity index (χ3n) is 10.7. The Morgan fingerprint density at radius 3 is 2.83 bits per heavy atom. The topological polar surface area (TPSA) is 116 Å². The Balaban J connectivity index is 1.27. The fourth-order valence-electron chi connectivity index (χ4n) is 7.74. The predicted octanol–water partition coefficient (Wildman–Crippen LogP) is 5.35. The summed E-state index contributed by atoms with van der Waals surface area (Å²) in [5, 5.41) is 8.04. The van der Waals surface area contributed by atoms with Gasteiger partial charge in [0.1, 0.15) is 5.75 Å². The second kappa shape index (κ2) is 12.9. The van der Waals surface area contributed by atoms with Crippen LogP contribution in [0.2, 0.25) is 5.02 Å². The van der Waals surface area contributed by atoms with Crippen molar-refractivity contribution < 1.29 is 22.7 Å². The van der Waals surface area contributed by atoms with E-state index in [0.29, 0.717) is 49.8 Å². The number of hydrogen-bond donors (Lipinski definition) is 1. The van der Waals surface area contributed by atoms with Crippen LogP contribution < -0.4 is 14.4 Å². The van der Waals surface area contributed by atoms with Gasteiger partial charge in [-0.15, -0.1) is 5.10 Å². The molecule has 0 radical (unpaired) electrons. The quantitative estimate of drug-likeness (QED) is 0.369. The molecule has 1 aromatic heterocycles. The van der Waals surface area contributed by atoms with Gasteiger partial charge in [0, 0.05) is 36.1 Å². The summed E-state index contributed by atoms with van der Waals surface area (Å²) in [4.78, 5) is 15.8. The smallest absolute Gasteiger partial charge is 0.264 e. The molecule has 2 bridgehead atoms. The van der Waals surface area contributed by atoms with Gasteiger partial charge in [-0.3, -0.25) is 9.48 Å². The van der Waals surface area contributed by atoms with Crippen molar-refractivity contribution in [1.29, 1.82) is 0 Å². The average molecular weight is 680 g/mol. The van der Waals surface area contributed by atoms with Gasteiger partial charge < -0.3 is 14.4 Å². The Bertz CT molecular complexity index is 1790. The number of carbonyl (C=O) groups is 1. The van der Waals surface area contributed by atoms with E-state index in [1.54, 1.807) is 29.9 Å². The highest BCUT2D eigenvalue weighted by atomic mass is 35.5. The van der Waals surface area contributed by atoms with Gasteiger partial charge in [-0.25, -0.2) is 13.1 Å². The van der Waals surface area contributed by atoms with Crippen LogP contribution in [0.3, 0.4) is 0 Å². The SMILES string of the molecule is C[C@@H]1CC/C=C\[C@H](OCc2cnnn2C)[C@@H]2CC[C@H]2CN2C[C@@]3(CCCc4cc(Cl)ccc43)COc3ccc(cc32)C(=O)NS1(=O)=O. The molecule has 1 fully saturated rings. The van der Waals surface area contributed by atoms with E-state index in [2.05, 4.69) is 38.1 Å². The molecule has 7 rings (SSSR count). The van der Waals surface area contributed by atoms with Gasteiger partial charge in [0.05, 0.1) is 42.1 Å². The molecule has 3 aromatic rings. The fraction of sp³-hybridized carbons (Fsp3) is 0.514. The fourth-order valence-corrected chi connectivity index (χ4v) is 8.96. The first kappa shape index (κ1) is 32.2. The highest BCUT2D eigenvalue weighted by Gasteiger charge is 2.44. The molecule has 3 heterocycles. The predicted molar refractivity (Wildman–Crippen MR) is 180 cm³/mol. The number of benzene rings is 2. The lowest BCUT2D eigenvalue weighted by Crippen LogP contribution is -2.49. The van der Waals surface area contributed by atoms with E-state index in [9.17, 15) is 13.2 Å². The summed E-state index contributed by atoms with van der Waals surface area (Å²) in [6, 6.07) is 11.5. The molecule has 0 unspecified atom stereocenters. The number of halogens is 1. The second-order valence-corrected chi connectivity index (χ2v) is 16.2. The van der Waals surface area contributed by atoms with Gasteiger partial charge in [0.25, 0.3) is 5.91 Å². The number of hydrogen-bond acceptors (Lipinski definition) is 8. The number of rotatable bonds is 3. The molecule has 4 aliphatic rings. The third-order valence-corrected chi connectivity index (χ3v) is 12.7. The van der Waals surface area contributed by atoms with Crippen LogP contribution in [-0.4, -0.2) is 60.4 Å². The zero-order chi connectivity index (χ0) is 32.8. The summed E-state index contributed by atoms with van der Waals surface area (Å²) < 4.78 is 43.6. The maximum Gasteiger partial charge on any atom is 0.264 e. The molecule has 2 aliphatic carbocycles. The second-order valence-electron chi connectivity index (χ2n) is 13.7. The molecule has 2 aliphatic heterocycles. The van der Waals surface area contributed by atoms with Crippen LogP contribution in [0.1, 0.15) is 72.6 Å². The molecule has 1 spiro atoms.